The molecule has 3 unspecified atom stereocenters. The molecule has 0 radical (unpaired) electrons. The number of allylic oxidation sites excluding steroid dienone is 5. The molecular weight excluding hydrogens is 940 g/mol. The van der Waals surface area contributed by atoms with Gasteiger partial charge in [-0.05, 0) is 83.1 Å². The fraction of sp³-hybridized carbons (Fsp3) is 0.875. The molecule has 0 aliphatic rings. The number of rotatable bonds is 58. The molecule has 74 heavy (non-hydrogen) atoms. The Labute approximate surface area is 459 Å². The van der Waals surface area contributed by atoms with E-state index in [2.05, 4.69) is 50.4 Å². The minimum Gasteiger partial charge on any atom is -0.756 e. The number of quaternary nitrogens is 1. The van der Waals surface area contributed by atoms with Gasteiger partial charge in [0.05, 0.1) is 33.8 Å². The summed E-state index contributed by atoms with van der Waals surface area (Å²) in [6, 6.07) is -0.889. The van der Waals surface area contributed by atoms with Crippen LogP contribution in [0, 0.1) is 0 Å². The Bertz CT molecular complexity index is 1360. The standard InChI is InChI=1S/C64H123N2O7P/c1-7-10-13-16-19-22-25-27-29-31-32-33-34-35-37-39-42-45-48-51-54-57-64(68)73-62(55-52-49-46-43-40-24-21-18-15-12-9-3)61(60-72-74(69,70)71-59-58-66(4,5)6)65-63(67)56-53-50-47-44-41-38-36-30-28-26-23-20-17-14-11-8-2/h27,29-30,36,52,55,61-62H,7-26,28,31-35,37-51,53-54,56-60H2,1-6H3,(H-,65,67,69,70)/b29-27+,36-30+,55-52+. The van der Waals surface area contributed by atoms with Crippen molar-refractivity contribution in [3.05, 3.63) is 36.5 Å². The minimum atomic E-state index is -4.70. The van der Waals surface area contributed by atoms with Crippen molar-refractivity contribution in [2.45, 2.75) is 322 Å². The summed E-state index contributed by atoms with van der Waals surface area (Å²) in [5.41, 5.74) is 0. The number of likely N-dealkylation sites (N-methyl/N-ethyl adjacent to an activating group) is 1. The van der Waals surface area contributed by atoms with E-state index in [4.69, 9.17) is 13.8 Å². The number of hydrogen-bond donors (Lipinski definition) is 1. The van der Waals surface area contributed by atoms with E-state index in [1.807, 2.05) is 33.3 Å². The lowest BCUT2D eigenvalue weighted by Crippen LogP contribution is -2.47. The number of nitrogens with one attached hydrogen (secondary N) is 1. The maximum absolute atomic E-state index is 13.5. The van der Waals surface area contributed by atoms with E-state index >= 15 is 0 Å². The lowest BCUT2D eigenvalue weighted by molar-refractivity contribution is -0.870. The van der Waals surface area contributed by atoms with Crippen LogP contribution in [0.1, 0.15) is 310 Å². The minimum absolute atomic E-state index is 0.0222. The number of phosphoric acid groups is 1. The molecule has 10 heteroatoms. The van der Waals surface area contributed by atoms with Gasteiger partial charge in [0.2, 0.25) is 5.91 Å². The molecule has 0 aromatic carbocycles. The van der Waals surface area contributed by atoms with Gasteiger partial charge in [-0.2, -0.15) is 0 Å². The summed E-state index contributed by atoms with van der Waals surface area (Å²) in [6.45, 7) is 6.86. The maximum Gasteiger partial charge on any atom is 0.306 e. The third kappa shape index (κ3) is 55.0. The molecular formula is C64H123N2O7P. The second-order valence-corrected chi connectivity index (χ2v) is 24.3. The van der Waals surface area contributed by atoms with Crippen LogP contribution in [-0.2, 0) is 27.9 Å². The largest absolute Gasteiger partial charge is 0.756 e. The quantitative estimate of drug-likeness (QED) is 0.0212. The summed E-state index contributed by atoms with van der Waals surface area (Å²) < 4.78 is 30.3. The van der Waals surface area contributed by atoms with Gasteiger partial charge in [-0.3, -0.25) is 14.2 Å². The molecule has 436 valence electrons. The highest BCUT2D eigenvalue weighted by molar-refractivity contribution is 7.45. The van der Waals surface area contributed by atoms with E-state index in [9.17, 15) is 19.0 Å². The van der Waals surface area contributed by atoms with Gasteiger partial charge in [-0.25, -0.2) is 0 Å². The third-order valence-corrected chi connectivity index (χ3v) is 15.3. The lowest BCUT2D eigenvalue weighted by Gasteiger charge is -2.30. The van der Waals surface area contributed by atoms with E-state index in [0.717, 1.165) is 77.0 Å². The fourth-order valence-corrected chi connectivity index (χ4v) is 10.1. The van der Waals surface area contributed by atoms with Gasteiger partial charge >= 0.3 is 5.97 Å². The molecule has 0 spiro atoms. The highest BCUT2D eigenvalue weighted by atomic mass is 31.2. The summed E-state index contributed by atoms with van der Waals surface area (Å²) in [7, 11) is 1.19. The van der Waals surface area contributed by atoms with Crippen molar-refractivity contribution in [2.75, 3.05) is 40.9 Å². The van der Waals surface area contributed by atoms with Gasteiger partial charge in [-0.1, -0.05) is 250 Å². The number of nitrogens with zero attached hydrogens (tertiary/aromatic N) is 1. The predicted octanol–water partition coefficient (Wildman–Crippen LogP) is 18.9. The molecule has 0 aromatic rings. The van der Waals surface area contributed by atoms with Crippen molar-refractivity contribution in [3.63, 3.8) is 0 Å². The van der Waals surface area contributed by atoms with Gasteiger partial charge in [0, 0.05) is 12.8 Å². The molecule has 0 aromatic heterocycles. The molecule has 0 aliphatic carbocycles. The van der Waals surface area contributed by atoms with Gasteiger partial charge in [0.25, 0.3) is 7.82 Å². The zero-order valence-electron chi connectivity index (χ0n) is 49.8. The van der Waals surface area contributed by atoms with Crippen LogP contribution in [-0.4, -0.2) is 69.4 Å². The molecule has 0 saturated carbocycles. The predicted molar refractivity (Wildman–Crippen MR) is 316 cm³/mol. The Morgan fingerprint density at radius 3 is 1.15 bits per heavy atom. The topological polar surface area (TPSA) is 114 Å². The van der Waals surface area contributed by atoms with Crippen molar-refractivity contribution < 1.29 is 37.3 Å². The van der Waals surface area contributed by atoms with Crippen LogP contribution in [0.2, 0.25) is 0 Å². The van der Waals surface area contributed by atoms with Crippen molar-refractivity contribution in [1.82, 2.24) is 5.32 Å². The van der Waals surface area contributed by atoms with Crippen LogP contribution in [0.3, 0.4) is 0 Å². The second kappa shape index (κ2) is 54.6. The Kier molecular flexibility index (Phi) is 53.3. The van der Waals surface area contributed by atoms with E-state index in [1.54, 1.807) is 0 Å². The Morgan fingerprint density at radius 2 is 0.784 bits per heavy atom. The number of esters is 1. The van der Waals surface area contributed by atoms with Crippen LogP contribution in [0.15, 0.2) is 36.5 Å². The summed E-state index contributed by atoms with van der Waals surface area (Å²) in [6.07, 6.45) is 65.4. The number of hydrogen-bond acceptors (Lipinski definition) is 7. The number of carbonyl (C=O) groups is 2. The number of amides is 1. The molecule has 0 heterocycles. The van der Waals surface area contributed by atoms with E-state index < -0.39 is 20.0 Å². The van der Waals surface area contributed by atoms with Gasteiger partial charge in [0.1, 0.15) is 19.3 Å². The van der Waals surface area contributed by atoms with Crippen LogP contribution in [0.5, 0.6) is 0 Å². The molecule has 1 amide bonds. The Hall–Kier alpha value is -1.77. The lowest BCUT2D eigenvalue weighted by atomic mass is 10.0. The molecule has 0 aliphatic heterocycles. The molecule has 0 fully saturated rings. The first-order valence-electron chi connectivity index (χ1n) is 31.8. The monoisotopic (exact) mass is 1060 g/mol. The van der Waals surface area contributed by atoms with Gasteiger partial charge < -0.3 is 28.5 Å². The van der Waals surface area contributed by atoms with E-state index in [0.29, 0.717) is 17.4 Å². The fourth-order valence-electron chi connectivity index (χ4n) is 9.34. The number of carbonyl (C=O) groups excluding carboxylic acids is 2. The van der Waals surface area contributed by atoms with E-state index in [-0.39, 0.29) is 31.5 Å². The highest BCUT2D eigenvalue weighted by Gasteiger charge is 2.27. The number of ether oxygens (including phenoxy) is 1. The molecule has 1 N–H and O–H groups in total. The van der Waals surface area contributed by atoms with Crippen molar-refractivity contribution in [3.8, 4) is 0 Å². The SMILES string of the molecule is CCCCCCCC/C=C/CCCCCCCCCCCCCC(=O)OC(/C=C/CCCCCCCCCCC)C(COP(=O)([O-])OCC[N+](C)(C)C)NC(=O)CCCCCCC/C=C/CCCCCCCCC. The molecule has 0 bridgehead atoms. The average Bonchev–Trinajstić information content (AvgIpc) is 3.36. The molecule has 0 saturated heterocycles. The first kappa shape index (κ1) is 72.2. The summed E-state index contributed by atoms with van der Waals surface area (Å²) in [4.78, 5) is 40.0. The summed E-state index contributed by atoms with van der Waals surface area (Å²) in [5, 5.41) is 3.03. The zero-order chi connectivity index (χ0) is 54.3. The van der Waals surface area contributed by atoms with Gasteiger partial charge in [-0.15, -0.1) is 0 Å². The summed E-state index contributed by atoms with van der Waals surface area (Å²) in [5.74, 6) is -0.541. The first-order chi connectivity index (χ1) is 35.9. The van der Waals surface area contributed by atoms with Crippen LogP contribution in [0.25, 0.3) is 0 Å². The molecule has 0 rings (SSSR count). The van der Waals surface area contributed by atoms with Crippen LogP contribution >= 0.6 is 7.82 Å². The van der Waals surface area contributed by atoms with Crippen LogP contribution < -0.4 is 10.2 Å². The van der Waals surface area contributed by atoms with E-state index in [1.165, 1.54) is 199 Å². The summed E-state index contributed by atoms with van der Waals surface area (Å²) >= 11 is 0. The number of phosphoric ester groups is 1. The van der Waals surface area contributed by atoms with Crippen molar-refractivity contribution >= 4 is 19.7 Å². The average molecular weight is 1060 g/mol. The van der Waals surface area contributed by atoms with Gasteiger partial charge in [0.15, 0.2) is 0 Å². The zero-order valence-corrected chi connectivity index (χ0v) is 50.7. The molecule has 9 nitrogen and oxygen atoms in total. The smallest absolute Gasteiger partial charge is 0.306 e. The van der Waals surface area contributed by atoms with Crippen LogP contribution in [0.4, 0.5) is 0 Å². The molecule has 3 atom stereocenters. The maximum atomic E-state index is 13.5. The number of unbranched alkanes of at least 4 members (excludes halogenated alkanes) is 38. The Balaban J connectivity index is 5.16. The Morgan fingerprint density at radius 1 is 0.459 bits per heavy atom. The normalized spacial score (nSPS) is 13.9. The van der Waals surface area contributed by atoms with Crippen molar-refractivity contribution in [2.24, 2.45) is 0 Å². The second-order valence-electron chi connectivity index (χ2n) is 22.9. The third-order valence-electron chi connectivity index (χ3n) is 14.3. The van der Waals surface area contributed by atoms with Crippen molar-refractivity contribution in [1.29, 1.82) is 0 Å². The highest BCUT2D eigenvalue weighted by Crippen LogP contribution is 2.38. The first-order valence-corrected chi connectivity index (χ1v) is 33.3.